The summed E-state index contributed by atoms with van der Waals surface area (Å²) < 4.78 is 7.67. The van der Waals surface area contributed by atoms with Crippen molar-refractivity contribution in [2.75, 3.05) is 0 Å². The number of hydrogen-bond donors (Lipinski definition) is 0. The molecule has 0 aliphatic carbocycles. The van der Waals surface area contributed by atoms with Crippen molar-refractivity contribution in [3.05, 3.63) is 28.9 Å². The Balaban J connectivity index is 2.25. The number of para-hydroxylation sites is 1. The van der Waals surface area contributed by atoms with Crippen LogP contribution >= 0.6 is 15.9 Å². The van der Waals surface area contributed by atoms with Crippen LogP contribution in [0, 0.1) is 0 Å². The van der Waals surface area contributed by atoms with Gasteiger partial charge in [0.15, 0.2) is 0 Å². The van der Waals surface area contributed by atoms with E-state index in [9.17, 15) is 4.79 Å². The van der Waals surface area contributed by atoms with Crippen molar-refractivity contribution in [1.29, 1.82) is 0 Å². The molecule has 5 heteroatoms. The molecule has 0 bridgehead atoms. The molecule has 0 aliphatic rings. The number of aromatic nitrogens is 2. The van der Waals surface area contributed by atoms with Crippen LogP contribution in [0.2, 0.25) is 0 Å². The van der Waals surface area contributed by atoms with Crippen molar-refractivity contribution in [1.82, 2.24) is 9.78 Å². The van der Waals surface area contributed by atoms with E-state index in [1.165, 1.54) is 0 Å². The minimum Gasteiger partial charge on any atom is -0.459 e. The lowest BCUT2D eigenvalue weighted by atomic mass is 10.2. The molecule has 0 aliphatic heterocycles. The predicted molar refractivity (Wildman–Crippen MR) is 73.3 cm³/mol. The van der Waals surface area contributed by atoms with E-state index < -0.39 is 5.60 Å². The lowest BCUT2D eigenvalue weighted by Crippen LogP contribution is -2.26. The van der Waals surface area contributed by atoms with Gasteiger partial charge in [-0.15, -0.1) is 0 Å². The van der Waals surface area contributed by atoms with Gasteiger partial charge in [0.2, 0.25) is 0 Å². The Bertz CT molecular complexity index is 584. The largest absolute Gasteiger partial charge is 0.459 e. The molecule has 0 radical (unpaired) electrons. The molecule has 0 N–H and O–H groups in total. The first-order valence-electron chi connectivity index (χ1n) is 5.70. The minimum atomic E-state index is -0.475. The molecule has 0 fully saturated rings. The number of fused-ring (bicyclic) bond motifs is 1. The molecule has 1 aromatic carbocycles. The van der Waals surface area contributed by atoms with Crippen molar-refractivity contribution in [3.63, 3.8) is 0 Å². The van der Waals surface area contributed by atoms with Gasteiger partial charge in [-0.1, -0.05) is 18.2 Å². The summed E-state index contributed by atoms with van der Waals surface area (Å²) in [6, 6.07) is 7.74. The molecule has 0 spiro atoms. The molecule has 1 aromatic heterocycles. The van der Waals surface area contributed by atoms with Gasteiger partial charge in [0.25, 0.3) is 0 Å². The molecule has 0 amide bonds. The Labute approximate surface area is 114 Å². The van der Waals surface area contributed by atoms with E-state index >= 15 is 0 Å². The Morgan fingerprint density at radius 1 is 1.39 bits per heavy atom. The van der Waals surface area contributed by atoms with Gasteiger partial charge in [0, 0.05) is 5.39 Å². The Morgan fingerprint density at radius 3 is 2.72 bits per heavy atom. The smallest absolute Gasteiger partial charge is 0.328 e. The molecule has 4 nitrogen and oxygen atoms in total. The molecule has 0 atom stereocenters. The third-order valence-electron chi connectivity index (χ3n) is 2.31. The normalized spacial score (nSPS) is 11.8. The van der Waals surface area contributed by atoms with Crippen LogP contribution in [0.25, 0.3) is 10.9 Å². The Kier molecular flexibility index (Phi) is 3.43. The number of halogens is 1. The van der Waals surface area contributed by atoms with Gasteiger partial charge in [0.05, 0.1) is 5.52 Å². The molecule has 18 heavy (non-hydrogen) atoms. The second kappa shape index (κ2) is 4.72. The summed E-state index contributed by atoms with van der Waals surface area (Å²) in [6.07, 6.45) is 0. The first kappa shape index (κ1) is 13.1. The van der Waals surface area contributed by atoms with Crippen LogP contribution in [0.3, 0.4) is 0 Å². The summed E-state index contributed by atoms with van der Waals surface area (Å²) in [6.45, 7) is 5.66. The lowest BCUT2D eigenvalue weighted by Gasteiger charge is -2.19. The number of nitrogens with zero attached hydrogens (tertiary/aromatic N) is 2. The maximum Gasteiger partial charge on any atom is 0.328 e. The van der Waals surface area contributed by atoms with Crippen molar-refractivity contribution in [2.45, 2.75) is 32.9 Å². The quantitative estimate of drug-likeness (QED) is 0.800. The zero-order valence-electron chi connectivity index (χ0n) is 10.6. The molecule has 2 rings (SSSR count). The average Bonchev–Trinajstić information content (AvgIpc) is 2.54. The molecule has 96 valence electrons. The second-order valence-corrected chi connectivity index (χ2v) is 5.80. The highest BCUT2D eigenvalue weighted by Gasteiger charge is 2.18. The lowest BCUT2D eigenvalue weighted by molar-refractivity contribution is -0.155. The molecule has 1 heterocycles. The number of ether oxygens (including phenoxy) is 1. The van der Waals surface area contributed by atoms with Crippen molar-refractivity contribution < 1.29 is 9.53 Å². The van der Waals surface area contributed by atoms with Crippen molar-refractivity contribution in [3.8, 4) is 0 Å². The minimum absolute atomic E-state index is 0.114. The fourth-order valence-corrected chi connectivity index (χ4v) is 2.23. The first-order chi connectivity index (χ1) is 8.37. The molecular formula is C13H15BrN2O2. The Morgan fingerprint density at radius 2 is 2.06 bits per heavy atom. The highest BCUT2D eigenvalue weighted by Crippen LogP contribution is 2.23. The zero-order chi connectivity index (χ0) is 13.3. The van der Waals surface area contributed by atoms with Gasteiger partial charge < -0.3 is 4.74 Å². The summed E-state index contributed by atoms with van der Waals surface area (Å²) in [5, 5.41) is 5.28. The van der Waals surface area contributed by atoms with Gasteiger partial charge in [-0.25, -0.2) is 0 Å². The van der Waals surface area contributed by atoms with E-state index in [4.69, 9.17) is 4.74 Å². The van der Waals surface area contributed by atoms with Crippen LogP contribution < -0.4 is 0 Å². The summed E-state index contributed by atoms with van der Waals surface area (Å²) in [5.41, 5.74) is 0.437. The zero-order valence-corrected chi connectivity index (χ0v) is 12.2. The maximum absolute atomic E-state index is 11.8. The third kappa shape index (κ3) is 2.90. The maximum atomic E-state index is 11.8. The van der Waals surface area contributed by atoms with Gasteiger partial charge in [-0.05, 0) is 42.8 Å². The van der Waals surface area contributed by atoms with E-state index in [0.717, 1.165) is 15.5 Å². The molecule has 0 saturated carbocycles. The van der Waals surface area contributed by atoms with E-state index in [2.05, 4.69) is 21.0 Å². The predicted octanol–water partition coefficient (Wildman–Crippen LogP) is 3.14. The molecule has 2 aromatic rings. The van der Waals surface area contributed by atoms with Gasteiger partial charge in [-0.3, -0.25) is 9.48 Å². The van der Waals surface area contributed by atoms with Gasteiger partial charge >= 0.3 is 5.97 Å². The van der Waals surface area contributed by atoms with Gasteiger partial charge in [0.1, 0.15) is 16.7 Å². The monoisotopic (exact) mass is 310 g/mol. The summed E-state index contributed by atoms with van der Waals surface area (Å²) in [5.74, 6) is -0.289. The number of benzene rings is 1. The summed E-state index contributed by atoms with van der Waals surface area (Å²) in [4.78, 5) is 11.8. The van der Waals surface area contributed by atoms with Crippen LogP contribution in [0.15, 0.2) is 28.9 Å². The fraction of sp³-hybridized carbons (Fsp3) is 0.385. The van der Waals surface area contributed by atoms with Crippen LogP contribution in [0.4, 0.5) is 0 Å². The second-order valence-electron chi connectivity index (χ2n) is 5.05. The summed E-state index contributed by atoms with van der Waals surface area (Å²) in [7, 11) is 0. The summed E-state index contributed by atoms with van der Waals surface area (Å²) >= 11 is 3.38. The van der Waals surface area contributed by atoms with Crippen molar-refractivity contribution >= 4 is 32.8 Å². The van der Waals surface area contributed by atoms with Crippen LogP contribution in [-0.2, 0) is 16.1 Å². The van der Waals surface area contributed by atoms with E-state index in [1.807, 2.05) is 45.0 Å². The van der Waals surface area contributed by atoms with E-state index in [1.54, 1.807) is 4.68 Å². The van der Waals surface area contributed by atoms with Crippen LogP contribution in [0.1, 0.15) is 20.8 Å². The van der Waals surface area contributed by atoms with Crippen molar-refractivity contribution in [2.24, 2.45) is 0 Å². The molecule has 0 saturated heterocycles. The standard InChI is InChI=1S/C13H15BrN2O2/c1-13(2,3)18-11(17)8-16-10-7-5-4-6-9(10)12(14)15-16/h4-7H,8H2,1-3H3. The highest BCUT2D eigenvalue weighted by atomic mass is 79.9. The molecule has 0 unspecified atom stereocenters. The number of hydrogen-bond acceptors (Lipinski definition) is 3. The average molecular weight is 311 g/mol. The van der Waals surface area contributed by atoms with Crippen LogP contribution in [-0.4, -0.2) is 21.4 Å². The van der Waals surface area contributed by atoms with E-state index in [-0.39, 0.29) is 12.5 Å². The third-order valence-corrected chi connectivity index (χ3v) is 2.90. The van der Waals surface area contributed by atoms with Crippen LogP contribution in [0.5, 0.6) is 0 Å². The van der Waals surface area contributed by atoms with Gasteiger partial charge in [-0.2, -0.15) is 5.10 Å². The number of rotatable bonds is 2. The number of esters is 1. The SMILES string of the molecule is CC(C)(C)OC(=O)Cn1nc(Br)c2ccccc21. The number of carbonyl (C=O) groups excluding carboxylic acids is 1. The number of carbonyl (C=O) groups is 1. The first-order valence-corrected chi connectivity index (χ1v) is 6.49. The fourth-order valence-electron chi connectivity index (χ4n) is 1.70. The van der Waals surface area contributed by atoms with E-state index in [0.29, 0.717) is 0 Å². The topological polar surface area (TPSA) is 44.1 Å². The highest BCUT2D eigenvalue weighted by molar-refractivity contribution is 9.10. The Hall–Kier alpha value is -1.36. The molecular weight excluding hydrogens is 296 g/mol.